The second kappa shape index (κ2) is 14.2. The lowest BCUT2D eigenvalue weighted by atomic mass is 9.70. The van der Waals surface area contributed by atoms with Gasteiger partial charge >= 0.3 is 6.03 Å². The van der Waals surface area contributed by atoms with Gasteiger partial charge in [0.2, 0.25) is 17.6 Å². The number of amides is 5. The second-order valence-electron chi connectivity index (χ2n) is 18.6. The number of sulfone groups is 1. The van der Waals surface area contributed by atoms with Crippen LogP contribution in [0, 0.1) is 28.6 Å². The van der Waals surface area contributed by atoms with Gasteiger partial charge in [0.05, 0.1) is 15.5 Å². The summed E-state index contributed by atoms with van der Waals surface area (Å²) in [6.07, 6.45) is 8.84. The van der Waals surface area contributed by atoms with Crippen molar-refractivity contribution in [1.29, 1.82) is 0 Å². The van der Waals surface area contributed by atoms with Crippen LogP contribution in [0.3, 0.4) is 0 Å². The average molecular weight is 748 g/mol. The van der Waals surface area contributed by atoms with Gasteiger partial charge in [0.1, 0.15) is 17.6 Å². The number of hydrogen-bond donors (Lipinski definition) is 4. The van der Waals surface area contributed by atoms with Crippen molar-refractivity contribution in [1.82, 2.24) is 26.2 Å². The summed E-state index contributed by atoms with van der Waals surface area (Å²) in [5.41, 5.74) is -3.05. The van der Waals surface area contributed by atoms with Crippen LogP contribution in [-0.4, -0.2) is 89.1 Å². The van der Waals surface area contributed by atoms with E-state index >= 15 is 0 Å². The van der Waals surface area contributed by atoms with Gasteiger partial charge in [0.15, 0.2) is 9.84 Å². The van der Waals surface area contributed by atoms with E-state index in [0.29, 0.717) is 38.8 Å². The van der Waals surface area contributed by atoms with Crippen LogP contribution in [0.15, 0.2) is 0 Å². The van der Waals surface area contributed by atoms with Crippen LogP contribution in [0.1, 0.15) is 139 Å². The number of fused-ring (bicyclic) bond motifs is 1. The molecule has 294 valence electrons. The Morgan fingerprint density at radius 2 is 1.44 bits per heavy atom. The molecule has 3 unspecified atom stereocenters. The highest BCUT2D eigenvalue weighted by Gasteiger charge is 2.71. The van der Waals surface area contributed by atoms with Crippen molar-refractivity contribution in [3.05, 3.63) is 0 Å². The van der Waals surface area contributed by atoms with E-state index in [1.165, 1.54) is 0 Å². The smallest absolute Gasteiger partial charge is 0.315 e. The number of carbonyl (C=O) groups is 5. The molecule has 0 bridgehead atoms. The molecule has 1 aliphatic heterocycles. The van der Waals surface area contributed by atoms with E-state index in [2.05, 4.69) is 35.1 Å². The van der Waals surface area contributed by atoms with Crippen LogP contribution < -0.4 is 21.3 Å². The van der Waals surface area contributed by atoms with Gasteiger partial charge in [-0.3, -0.25) is 19.2 Å². The number of likely N-dealkylation sites (tertiary alicyclic amines) is 1. The quantitative estimate of drug-likeness (QED) is 0.215. The van der Waals surface area contributed by atoms with Gasteiger partial charge in [0, 0.05) is 13.1 Å². The highest BCUT2D eigenvalue weighted by molar-refractivity contribution is 7.93. The lowest BCUT2D eigenvalue weighted by Crippen LogP contribution is -2.66. The molecule has 0 aromatic carbocycles. The monoisotopic (exact) mass is 747 g/mol. The Kier molecular flexibility index (Phi) is 11.0. The number of Topliss-reactive ketones (excluding diaryl/α,β-unsaturated/α-hetero) is 1. The predicted molar refractivity (Wildman–Crippen MR) is 200 cm³/mol. The van der Waals surface area contributed by atoms with Crippen LogP contribution in [-0.2, 0) is 29.0 Å². The molecule has 0 aromatic rings. The van der Waals surface area contributed by atoms with Crippen molar-refractivity contribution in [3.8, 4) is 0 Å². The largest absolute Gasteiger partial charge is 0.350 e. The molecule has 5 fully saturated rings. The number of urea groups is 1. The molecular formula is C39H65N5O7S. The molecule has 0 spiro atoms. The first kappa shape index (κ1) is 40.5. The number of nitrogens with one attached hydrogen (secondary N) is 4. The minimum Gasteiger partial charge on any atom is -0.350 e. The van der Waals surface area contributed by atoms with Gasteiger partial charge in [-0.2, -0.15) is 0 Å². The third-order valence-electron chi connectivity index (χ3n) is 14.1. The van der Waals surface area contributed by atoms with Gasteiger partial charge in [-0.25, -0.2) is 13.2 Å². The predicted octanol–water partition coefficient (Wildman–Crippen LogP) is 4.40. The average Bonchev–Trinajstić information content (AvgIpc) is 3.84. The van der Waals surface area contributed by atoms with Crippen molar-refractivity contribution in [3.63, 3.8) is 0 Å². The SMILES string of the molecule is CCNC(=O)C(=O)C1(NC(=O)[C@@H]2C3C(CN2C(=O)[C@H](NC(=O)NC2([C@H](C)S(=O)(=O)C(C)(C)C)CCCCC2)C2(C)CCCCC2)C3(C)C)C[C@H]1CC. The Labute approximate surface area is 311 Å². The lowest BCUT2D eigenvalue weighted by Gasteiger charge is -2.46. The lowest BCUT2D eigenvalue weighted by molar-refractivity contribution is -0.146. The number of rotatable bonds is 12. The molecule has 0 aromatic heterocycles. The molecule has 5 amide bonds. The van der Waals surface area contributed by atoms with Crippen LogP contribution >= 0.6 is 0 Å². The fourth-order valence-corrected chi connectivity index (χ4v) is 12.2. The van der Waals surface area contributed by atoms with Crippen LogP contribution in [0.2, 0.25) is 0 Å². The molecule has 1 heterocycles. The fraction of sp³-hybridized carbons (Fsp3) is 0.872. The first-order valence-electron chi connectivity index (χ1n) is 19.9. The van der Waals surface area contributed by atoms with Crippen LogP contribution in [0.25, 0.3) is 0 Å². The molecule has 5 aliphatic rings. The molecule has 5 rings (SSSR count). The van der Waals surface area contributed by atoms with Gasteiger partial charge in [-0.1, -0.05) is 72.6 Å². The van der Waals surface area contributed by atoms with Gasteiger partial charge in [-0.15, -0.1) is 0 Å². The Hall–Kier alpha value is -2.70. The van der Waals surface area contributed by atoms with Gasteiger partial charge in [-0.05, 0) is 95.3 Å². The van der Waals surface area contributed by atoms with Crippen molar-refractivity contribution in [2.24, 2.45) is 28.6 Å². The second-order valence-corrected chi connectivity index (χ2v) is 21.6. The number of piperidine rings is 1. The number of carbonyl (C=O) groups excluding carboxylic acids is 5. The normalized spacial score (nSPS) is 31.3. The van der Waals surface area contributed by atoms with Crippen LogP contribution in [0.4, 0.5) is 4.79 Å². The molecule has 52 heavy (non-hydrogen) atoms. The van der Waals surface area contributed by atoms with Gasteiger partial charge in [0.25, 0.3) is 5.91 Å². The maximum atomic E-state index is 15.0. The summed E-state index contributed by atoms with van der Waals surface area (Å²) >= 11 is 0. The summed E-state index contributed by atoms with van der Waals surface area (Å²) in [6, 6.07) is -2.37. The minimum atomic E-state index is -3.64. The molecule has 4 saturated carbocycles. The molecular weight excluding hydrogens is 683 g/mol. The fourth-order valence-electron chi connectivity index (χ4n) is 10.2. The van der Waals surface area contributed by atoms with E-state index < -0.39 is 72.0 Å². The molecule has 0 radical (unpaired) electrons. The summed E-state index contributed by atoms with van der Waals surface area (Å²) < 4.78 is 26.5. The van der Waals surface area contributed by atoms with E-state index in [1.807, 2.05) is 13.8 Å². The zero-order chi connectivity index (χ0) is 38.7. The Morgan fingerprint density at radius 1 is 0.865 bits per heavy atom. The van der Waals surface area contributed by atoms with E-state index in [1.54, 1.807) is 39.5 Å². The van der Waals surface area contributed by atoms with Crippen LogP contribution in [0.5, 0.6) is 0 Å². The van der Waals surface area contributed by atoms with Gasteiger partial charge < -0.3 is 26.2 Å². The molecule has 13 heteroatoms. The van der Waals surface area contributed by atoms with Crippen molar-refractivity contribution in [2.75, 3.05) is 13.1 Å². The first-order chi connectivity index (χ1) is 24.1. The topological polar surface area (TPSA) is 171 Å². The summed E-state index contributed by atoms with van der Waals surface area (Å²) in [5, 5.41) is 11.0. The van der Waals surface area contributed by atoms with E-state index in [-0.39, 0.29) is 29.1 Å². The Bertz CT molecular complexity index is 1540. The number of hydrogen-bond acceptors (Lipinski definition) is 7. The maximum absolute atomic E-state index is 15.0. The highest BCUT2D eigenvalue weighted by atomic mass is 32.2. The minimum absolute atomic E-state index is 0.0750. The third-order valence-corrected chi connectivity index (χ3v) is 17.2. The highest BCUT2D eigenvalue weighted by Crippen LogP contribution is 2.65. The Balaban J connectivity index is 1.43. The summed E-state index contributed by atoms with van der Waals surface area (Å²) in [7, 11) is -3.64. The zero-order valence-electron chi connectivity index (χ0n) is 33.1. The molecule has 1 saturated heterocycles. The third kappa shape index (κ3) is 7.01. The number of nitrogens with zero attached hydrogens (tertiary/aromatic N) is 1. The molecule has 12 nitrogen and oxygen atoms in total. The van der Waals surface area contributed by atoms with E-state index in [0.717, 1.165) is 51.4 Å². The van der Waals surface area contributed by atoms with Crippen molar-refractivity contribution in [2.45, 2.75) is 173 Å². The van der Waals surface area contributed by atoms with Crippen molar-refractivity contribution >= 4 is 39.4 Å². The Morgan fingerprint density at radius 3 is 1.96 bits per heavy atom. The van der Waals surface area contributed by atoms with E-state index in [4.69, 9.17) is 0 Å². The van der Waals surface area contributed by atoms with E-state index in [9.17, 15) is 32.4 Å². The molecule has 4 N–H and O–H groups in total. The first-order valence-corrected chi connectivity index (χ1v) is 21.5. The summed E-state index contributed by atoms with van der Waals surface area (Å²) in [4.78, 5) is 71.3. The van der Waals surface area contributed by atoms with Crippen molar-refractivity contribution < 1.29 is 32.4 Å². The maximum Gasteiger partial charge on any atom is 0.315 e. The zero-order valence-corrected chi connectivity index (χ0v) is 33.9. The number of ketones is 1. The number of likely N-dealkylation sites (N-methyl/N-ethyl adjacent to an activating group) is 1. The summed E-state index contributed by atoms with van der Waals surface area (Å²) in [5.74, 6) is -2.36. The standard InChI is InChI=1S/C39H65N5O7S/c1-10-25-22-39(25,30(45)32(47)40-11-2)42-31(46)28-27-26(36(27,7)8)23-44(28)33(48)29(37(9)18-14-12-15-19-37)41-34(49)43-38(20-16-13-17-21-38)24(3)52(50,51)35(4,5)6/h24-29H,10-23H2,1-9H3,(H,40,47)(H,42,46)(H2,41,43,49)/t24-,25+,26?,27?,28-,29-,39?/m0/s1. The summed E-state index contributed by atoms with van der Waals surface area (Å²) in [6.45, 7) is 17.3. The molecule has 4 aliphatic carbocycles. The molecule has 7 atom stereocenters.